The molecule has 1 aliphatic heterocycles. The summed E-state index contributed by atoms with van der Waals surface area (Å²) in [6, 6.07) is 0. The Kier molecular flexibility index (Phi) is 2.64. The molecular weight excluding hydrogens is 196 g/mol. The normalized spacial score (nSPS) is 36.9. The zero-order valence-corrected chi connectivity index (χ0v) is 8.57. The fourth-order valence-electron chi connectivity index (χ4n) is 1.65. The van der Waals surface area contributed by atoms with Gasteiger partial charge in [0.25, 0.3) is 0 Å². The number of hydrogen-bond acceptors (Lipinski definition) is 3. The molecule has 0 radical (unpaired) electrons. The van der Waals surface area contributed by atoms with Crippen LogP contribution in [-0.4, -0.2) is 18.2 Å². The van der Waals surface area contributed by atoms with Gasteiger partial charge in [0.05, 0.1) is 0 Å². The van der Waals surface area contributed by atoms with Gasteiger partial charge >= 0.3 is 0 Å². The molecular formula is C7H10OS3. The standard InChI is InChI=1S/C7H10OS3/c8-11-7-9-5-3-1-2-4-6(5)10-7/h5-6H,1-4H2/t5-,6+. The molecule has 2 rings (SSSR count). The highest BCUT2D eigenvalue weighted by Gasteiger charge is 2.34. The molecule has 1 nitrogen and oxygen atoms in total. The average Bonchev–Trinajstić information content (AvgIpc) is 2.46. The maximum absolute atomic E-state index is 10.5. The van der Waals surface area contributed by atoms with E-state index in [1.807, 2.05) is 23.5 Å². The molecule has 0 aromatic heterocycles. The third-order valence-corrected chi connectivity index (χ3v) is 6.20. The van der Waals surface area contributed by atoms with Crippen LogP contribution in [0.5, 0.6) is 0 Å². The summed E-state index contributed by atoms with van der Waals surface area (Å²) in [5.74, 6) is 0. The minimum atomic E-state index is 0.691. The molecule has 0 aromatic carbocycles. The average molecular weight is 206 g/mol. The zero-order valence-electron chi connectivity index (χ0n) is 6.12. The van der Waals surface area contributed by atoms with Crippen LogP contribution in [0.3, 0.4) is 0 Å². The van der Waals surface area contributed by atoms with Crippen LogP contribution < -0.4 is 0 Å². The first-order chi connectivity index (χ1) is 5.40. The monoisotopic (exact) mass is 206 g/mol. The van der Waals surface area contributed by atoms with E-state index in [2.05, 4.69) is 0 Å². The molecule has 0 amide bonds. The van der Waals surface area contributed by atoms with E-state index in [4.69, 9.17) is 0 Å². The van der Waals surface area contributed by atoms with Crippen LogP contribution >= 0.6 is 23.5 Å². The van der Waals surface area contributed by atoms with Gasteiger partial charge in [-0.05, 0) is 12.8 Å². The van der Waals surface area contributed by atoms with Gasteiger partial charge in [-0.15, -0.1) is 23.5 Å². The van der Waals surface area contributed by atoms with Crippen LogP contribution in [0.15, 0.2) is 0 Å². The lowest BCUT2D eigenvalue weighted by Crippen LogP contribution is -2.19. The van der Waals surface area contributed by atoms with Crippen molar-refractivity contribution >= 4 is 38.3 Å². The molecule has 11 heavy (non-hydrogen) atoms. The minimum absolute atomic E-state index is 0.691. The van der Waals surface area contributed by atoms with Crippen molar-refractivity contribution < 1.29 is 4.21 Å². The Morgan fingerprint density at radius 1 is 1.18 bits per heavy atom. The van der Waals surface area contributed by atoms with Crippen LogP contribution in [0, 0.1) is 0 Å². The van der Waals surface area contributed by atoms with E-state index < -0.39 is 0 Å². The molecule has 0 bridgehead atoms. The maximum atomic E-state index is 10.5. The van der Waals surface area contributed by atoms with E-state index in [1.165, 1.54) is 25.7 Å². The number of hydrogen-bond donors (Lipinski definition) is 0. The molecule has 1 saturated heterocycles. The summed E-state index contributed by atoms with van der Waals surface area (Å²) in [6.07, 6.45) is 5.38. The first-order valence-corrected chi connectivity index (χ1v) is 6.40. The summed E-state index contributed by atoms with van der Waals surface area (Å²) in [7, 11) is 0. The molecule has 0 aromatic rings. The highest BCUT2D eigenvalue weighted by atomic mass is 32.2. The van der Waals surface area contributed by atoms with Gasteiger partial charge in [-0.3, -0.25) is 0 Å². The van der Waals surface area contributed by atoms with Crippen molar-refractivity contribution in [1.82, 2.24) is 0 Å². The van der Waals surface area contributed by atoms with Crippen molar-refractivity contribution in [3.8, 4) is 0 Å². The second kappa shape index (κ2) is 3.54. The van der Waals surface area contributed by atoms with Crippen molar-refractivity contribution in [2.75, 3.05) is 0 Å². The summed E-state index contributed by atoms with van der Waals surface area (Å²) in [4.78, 5) is 0. The Balaban J connectivity index is 2.09. The molecule has 1 saturated carbocycles. The van der Waals surface area contributed by atoms with Gasteiger partial charge in [0, 0.05) is 10.5 Å². The van der Waals surface area contributed by atoms with E-state index >= 15 is 0 Å². The summed E-state index contributed by atoms with van der Waals surface area (Å²) < 4.78 is 11.6. The lowest BCUT2D eigenvalue weighted by atomic mass is 10.00. The van der Waals surface area contributed by atoms with E-state index in [9.17, 15) is 4.21 Å². The van der Waals surface area contributed by atoms with Crippen molar-refractivity contribution in [2.45, 2.75) is 36.2 Å². The van der Waals surface area contributed by atoms with Gasteiger partial charge in [0.2, 0.25) is 0 Å². The third-order valence-electron chi connectivity index (χ3n) is 2.21. The Morgan fingerprint density at radius 2 is 1.73 bits per heavy atom. The zero-order chi connectivity index (χ0) is 7.68. The minimum Gasteiger partial charge on any atom is -0.211 e. The summed E-state index contributed by atoms with van der Waals surface area (Å²) in [6.45, 7) is 0. The third kappa shape index (κ3) is 1.68. The summed E-state index contributed by atoms with van der Waals surface area (Å²) >= 11 is 4.34. The molecule has 0 spiro atoms. The van der Waals surface area contributed by atoms with Gasteiger partial charge in [-0.2, -0.15) is 0 Å². The van der Waals surface area contributed by atoms with Crippen molar-refractivity contribution in [1.29, 1.82) is 0 Å². The molecule has 0 N–H and O–H groups in total. The lowest BCUT2D eigenvalue weighted by Gasteiger charge is -2.21. The van der Waals surface area contributed by atoms with Gasteiger partial charge < -0.3 is 0 Å². The molecule has 2 fully saturated rings. The Hall–Kier alpha value is 0.590. The first kappa shape index (κ1) is 8.20. The van der Waals surface area contributed by atoms with E-state index in [1.54, 1.807) is 0 Å². The number of rotatable bonds is 0. The molecule has 1 heterocycles. The van der Waals surface area contributed by atoms with E-state index in [0.717, 1.165) is 14.0 Å². The van der Waals surface area contributed by atoms with Crippen molar-refractivity contribution in [2.24, 2.45) is 0 Å². The lowest BCUT2D eigenvalue weighted by molar-refractivity contribution is 0.532. The van der Waals surface area contributed by atoms with E-state index in [0.29, 0.717) is 11.3 Å². The molecule has 0 unspecified atom stereocenters. The Morgan fingerprint density at radius 3 is 2.18 bits per heavy atom. The number of fused-ring (bicyclic) bond motifs is 1. The van der Waals surface area contributed by atoms with Crippen LogP contribution in [0.25, 0.3) is 0 Å². The Bertz CT molecular complexity index is 194. The highest BCUT2D eigenvalue weighted by Crippen LogP contribution is 2.45. The highest BCUT2D eigenvalue weighted by molar-refractivity contribution is 8.48. The van der Waals surface area contributed by atoms with E-state index in [-0.39, 0.29) is 0 Å². The quantitative estimate of drug-likeness (QED) is 0.565. The summed E-state index contributed by atoms with van der Waals surface area (Å²) in [5.41, 5.74) is 0. The van der Waals surface area contributed by atoms with Crippen LogP contribution in [-0.2, 0) is 11.3 Å². The SMILES string of the molecule is O=S=C1S[C@H]2CCCC[C@H]2S1. The molecule has 1 aliphatic carbocycles. The maximum Gasteiger partial charge on any atom is 0.135 e. The van der Waals surface area contributed by atoms with Crippen molar-refractivity contribution in [3.63, 3.8) is 0 Å². The van der Waals surface area contributed by atoms with Gasteiger partial charge in [-0.1, -0.05) is 12.8 Å². The van der Waals surface area contributed by atoms with Crippen LogP contribution in [0.1, 0.15) is 25.7 Å². The molecule has 2 aliphatic rings. The topological polar surface area (TPSA) is 17.1 Å². The fourth-order valence-corrected chi connectivity index (χ4v) is 5.64. The fraction of sp³-hybridized carbons (Fsp3) is 0.857. The largest absolute Gasteiger partial charge is 0.211 e. The summed E-state index contributed by atoms with van der Waals surface area (Å²) in [5, 5.41) is 1.54. The second-order valence-electron chi connectivity index (χ2n) is 2.93. The molecule has 2 atom stereocenters. The van der Waals surface area contributed by atoms with Gasteiger partial charge in [0.1, 0.15) is 14.8 Å². The smallest absolute Gasteiger partial charge is 0.135 e. The molecule has 62 valence electrons. The van der Waals surface area contributed by atoms with Crippen LogP contribution in [0.2, 0.25) is 0 Å². The first-order valence-electron chi connectivity index (χ1n) is 3.90. The van der Waals surface area contributed by atoms with Crippen LogP contribution in [0.4, 0.5) is 0 Å². The second-order valence-corrected chi connectivity index (χ2v) is 6.78. The molecule has 4 heteroatoms. The number of thioether (sulfide) groups is 2. The van der Waals surface area contributed by atoms with Crippen molar-refractivity contribution in [3.05, 3.63) is 0 Å². The Labute approximate surface area is 78.8 Å². The predicted molar refractivity (Wildman–Crippen MR) is 54.4 cm³/mol. The van der Waals surface area contributed by atoms with Gasteiger partial charge in [-0.25, -0.2) is 4.21 Å². The van der Waals surface area contributed by atoms with Gasteiger partial charge in [0.15, 0.2) is 0 Å². The predicted octanol–water partition coefficient (Wildman–Crippen LogP) is 2.08.